The van der Waals surface area contributed by atoms with Gasteiger partial charge in [-0.15, -0.1) is 10.2 Å². The lowest BCUT2D eigenvalue weighted by atomic mass is 10.1. The number of hydrogen-bond donors (Lipinski definition) is 2. The van der Waals surface area contributed by atoms with E-state index in [1.54, 1.807) is 13.0 Å². The number of nitrogens with one attached hydrogen (secondary N) is 2. The summed E-state index contributed by atoms with van der Waals surface area (Å²) in [5, 5.41) is 18.3. The van der Waals surface area contributed by atoms with Crippen molar-refractivity contribution in [3.63, 3.8) is 0 Å². The van der Waals surface area contributed by atoms with Crippen molar-refractivity contribution in [2.24, 2.45) is 0 Å². The summed E-state index contributed by atoms with van der Waals surface area (Å²) in [4.78, 5) is 30.1. The van der Waals surface area contributed by atoms with E-state index in [-0.39, 0.29) is 16.9 Å². The maximum absolute atomic E-state index is 13.8. The minimum atomic E-state index is -4.90. The molecule has 0 atom stereocenters. The minimum Gasteiger partial charge on any atom is -0.355 e. The molecule has 11 nitrogen and oxygen atoms in total. The van der Waals surface area contributed by atoms with Gasteiger partial charge in [0.05, 0.1) is 16.9 Å². The highest BCUT2D eigenvalue weighted by Gasteiger charge is 2.38. The number of carbonyl (C=O) groups excluding carboxylic acids is 2. The maximum atomic E-state index is 13.8. The second-order valence-corrected chi connectivity index (χ2v) is 9.04. The van der Waals surface area contributed by atoms with Crippen LogP contribution in [0.25, 0.3) is 5.82 Å². The Bertz CT molecular complexity index is 1600. The molecule has 0 saturated carbocycles. The molecular formula is C22H16BrF6N9O2. The standard InChI is InChI=1S/C22H16BrF6N9O2/c1-10-6-11(23)7-13(18(39)30-2)16(10)32-19(40)15-8-12(9-37-35-20(33-36-37)22(27,28)29)34-38(15)17-14(21(24,25)26)4-3-5-31-17/h3-8H,9H2,1-2H3,(H,30,39)(H,32,40). The molecule has 40 heavy (non-hydrogen) atoms. The Labute approximate surface area is 228 Å². The fourth-order valence-corrected chi connectivity index (χ4v) is 4.16. The van der Waals surface area contributed by atoms with E-state index in [1.165, 1.54) is 13.1 Å². The number of alkyl halides is 6. The summed E-state index contributed by atoms with van der Waals surface area (Å²) in [6.45, 7) is 1.01. The van der Waals surface area contributed by atoms with E-state index in [4.69, 9.17) is 0 Å². The third kappa shape index (κ3) is 5.95. The molecule has 0 aliphatic rings. The minimum absolute atomic E-state index is 0.0503. The molecule has 1 aromatic carbocycles. The Morgan fingerprint density at radius 3 is 2.38 bits per heavy atom. The van der Waals surface area contributed by atoms with Gasteiger partial charge in [0.15, 0.2) is 5.82 Å². The van der Waals surface area contributed by atoms with Gasteiger partial charge in [0.25, 0.3) is 17.6 Å². The van der Waals surface area contributed by atoms with Crippen LogP contribution in [0.4, 0.5) is 32.0 Å². The number of anilines is 1. The normalized spacial score (nSPS) is 11.9. The SMILES string of the molecule is CNC(=O)c1cc(Br)cc(C)c1NC(=O)c1cc(Cn2nnc(C(F)(F)F)n2)nn1-c1ncccc1C(F)(F)F. The number of tetrazole rings is 1. The van der Waals surface area contributed by atoms with Gasteiger partial charge < -0.3 is 10.6 Å². The van der Waals surface area contributed by atoms with Crippen molar-refractivity contribution in [2.45, 2.75) is 25.8 Å². The van der Waals surface area contributed by atoms with Crippen LogP contribution >= 0.6 is 15.9 Å². The van der Waals surface area contributed by atoms with E-state index in [0.29, 0.717) is 19.5 Å². The summed E-state index contributed by atoms with van der Waals surface area (Å²) in [5.74, 6) is -3.86. The number of carbonyl (C=O) groups is 2. The van der Waals surface area contributed by atoms with Crippen LogP contribution in [0, 0.1) is 6.92 Å². The summed E-state index contributed by atoms with van der Waals surface area (Å²) in [6, 6.07) is 5.82. The van der Waals surface area contributed by atoms with Crippen molar-refractivity contribution in [1.29, 1.82) is 0 Å². The molecule has 18 heteroatoms. The molecule has 4 rings (SSSR count). The van der Waals surface area contributed by atoms with Gasteiger partial charge in [-0.1, -0.05) is 15.9 Å². The van der Waals surface area contributed by atoms with E-state index in [2.05, 4.69) is 52.1 Å². The molecule has 3 aromatic heterocycles. The highest BCUT2D eigenvalue weighted by atomic mass is 79.9. The van der Waals surface area contributed by atoms with Crippen LogP contribution in [-0.2, 0) is 18.9 Å². The van der Waals surface area contributed by atoms with Crippen LogP contribution in [-0.4, -0.2) is 53.8 Å². The summed E-state index contributed by atoms with van der Waals surface area (Å²) >= 11 is 3.26. The number of nitrogens with zero attached hydrogens (tertiary/aromatic N) is 7. The highest BCUT2D eigenvalue weighted by molar-refractivity contribution is 9.10. The van der Waals surface area contributed by atoms with Gasteiger partial charge in [-0.25, -0.2) is 9.67 Å². The van der Waals surface area contributed by atoms with Gasteiger partial charge in [0.2, 0.25) is 0 Å². The van der Waals surface area contributed by atoms with Gasteiger partial charge in [-0.2, -0.15) is 36.2 Å². The van der Waals surface area contributed by atoms with Crippen LogP contribution in [0.2, 0.25) is 0 Å². The number of benzene rings is 1. The van der Waals surface area contributed by atoms with Crippen molar-refractivity contribution in [2.75, 3.05) is 12.4 Å². The Morgan fingerprint density at radius 2 is 1.75 bits per heavy atom. The third-order valence-corrected chi connectivity index (χ3v) is 5.76. The Kier molecular flexibility index (Phi) is 7.64. The maximum Gasteiger partial charge on any atom is 0.455 e. The smallest absolute Gasteiger partial charge is 0.355 e. The fraction of sp³-hybridized carbons (Fsp3) is 0.227. The first-order valence-electron chi connectivity index (χ1n) is 11.0. The summed E-state index contributed by atoms with van der Waals surface area (Å²) in [6.07, 6.45) is -8.73. The molecule has 4 aromatic rings. The number of halogens is 7. The van der Waals surface area contributed by atoms with Gasteiger partial charge >= 0.3 is 12.4 Å². The number of rotatable bonds is 6. The number of amides is 2. The lowest BCUT2D eigenvalue weighted by Gasteiger charge is -2.16. The van der Waals surface area contributed by atoms with E-state index in [0.717, 1.165) is 24.4 Å². The quantitative estimate of drug-likeness (QED) is 0.307. The van der Waals surface area contributed by atoms with Crippen molar-refractivity contribution in [1.82, 2.24) is 40.3 Å². The Balaban J connectivity index is 1.82. The molecule has 0 fully saturated rings. The zero-order valence-corrected chi connectivity index (χ0v) is 21.8. The first-order valence-corrected chi connectivity index (χ1v) is 11.8. The topological polar surface area (TPSA) is 133 Å². The largest absolute Gasteiger partial charge is 0.455 e. The summed E-state index contributed by atoms with van der Waals surface area (Å²) < 4.78 is 81.1. The number of aryl methyl sites for hydroxylation is 1. The Hall–Kier alpha value is -4.35. The lowest BCUT2D eigenvalue weighted by Crippen LogP contribution is -2.24. The zero-order chi connectivity index (χ0) is 29.4. The molecular weight excluding hydrogens is 616 g/mol. The number of aromatic nitrogens is 7. The molecule has 210 valence electrons. The van der Waals surface area contributed by atoms with Crippen molar-refractivity contribution in [3.05, 3.63) is 74.9 Å². The summed E-state index contributed by atoms with van der Waals surface area (Å²) in [5.41, 5.74) is -1.34. The monoisotopic (exact) mass is 631 g/mol. The van der Waals surface area contributed by atoms with E-state index in [1.807, 2.05) is 0 Å². The highest BCUT2D eigenvalue weighted by Crippen LogP contribution is 2.33. The van der Waals surface area contributed by atoms with Crippen LogP contribution < -0.4 is 10.6 Å². The molecule has 3 heterocycles. The van der Waals surface area contributed by atoms with E-state index < -0.39 is 53.6 Å². The van der Waals surface area contributed by atoms with Gasteiger partial charge in [0.1, 0.15) is 17.8 Å². The van der Waals surface area contributed by atoms with Crippen LogP contribution in [0.1, 0.15) is 43.5 Å². The predicted molar refractivity (Wildman–Crippen MR) is 129 cm³/mol. The molecule has 0 unspecified atom stereocenters. The molecule has 2 amide bonds. The first-order chi connectivity index (χ1) is 18.7. The molecule has 0 saturated heterocycles. The van der Waals surface area contributed by atoms with Crippen LogP contribution in [0.15, 0.2) is 41.0 Å². The van der Waals surface area contributed by atoms with E-state index >= 15 is 0 Å². The van der Waals surface area contributed by atoms with Crippen molar-refractivity contribution >= 4 is 33.4 Å². The fourth-order valence-electron chi connectivity index (χ4n) is 3.59. The molecule has 0 spiro atoms. The second kappa shape index (κ2) is 10.7. The van der Waals surface area contributed by atoms with Crippen molar-refractivity contribution in [3.8, 4) is 5.82 Å². The van der Waals surface area contributed by atoms with Crippen LogP contribution in [0.5, 0.6) is 0 Å². The third-order valence-electron chi connectivity index (χ3n) is 5.31. The van der Waals surface area contributed by atoms with Crippen LogP contribution in [0.3, 0.4) is 0 Å². The molecule has 0 aliphatic carbocycles. The lowest BCUT2D eigenvalue weighted by molar-refractivity contribution is -0.145. The van der Waals surface area contributed by atoms with Gasteiger partial charge in [-0.3, -0.25) is 9.59 Å². The van der Waals surface area contributed by atoms with E-state index in [9.17, 15) is 35.9 Å². The molecule has 0 radical (unpaired) electrons. The van der Waals surface area contributed by atoms with Crippen molar-refractivity contribution < 1.29 is 35.9 Å². The molecule has 0 bridgehead atoms. The average molecular weight is 632 g/mol. The molecule has 0 aliphatic heterocycles. The Morgan fingerprint density at radius 1 is 1.02 bits per heavy atom. The predicted octanol–water partition coefficient (Wildman–Crippen LogP) is 4.02. The second-order valence-electron chi connectivity index (χ2n) is 8.12. The van der Waals surface area contributed by atoms with Gasteiger partial charge in [-0.05, 0) is 48.0 Å². The average Bonchev–Trinajstić information content (AvgIpc) is 3.52. The molecule has 2 N–H and O–H groups in total. The summed E-state index contributed by atoms with van der Waals surface area (Å²) in [7, 11) is 1.37. The number of pyridine rings is 1. The number of hydrogen-bond acceptors (Lipinski definition) is 7. The zero-order valence-electron chi connectivity index (χ0n) is 20.3. The first kappa shape index (κ1) is 28.7. The van der Waals surface area contributed by atoms with Gasteiger partial charge in [0, 0.05) is 17.7 Å².